The summed E-state index contributed by atoms with van der Waals surface area (Å²) in [7, 11) is 1.65. The topological polar surface area (TPSA) is 79.9 Å². The summed E-state index contributed by atoms with van der Waals surface area (Å²) in [6.45, 7) is 2.96. The zero-order chi connectivity index (χ0) is 15.2. The molecule has 4 N–H and O–H groups in total. The summed E-state index contributed by atoms with van der Waals surface area (Å²) >= 11 is 0. The van der Waals surface area contributed by atoms with Gasteiger partial charge in [0.05, 0.1) is 13.2 Å². The Bertz CT molecular complexity index is 514. The van der Waals surface area contributed by atoms with Gasteiger partial charge in [-0.15, -0.1) is 0 Å². The van der Waals surface area contributed by atoms with Crippen molar-refractivity contribution in [2.45, 2.75) is 45.2 Å². The molecule has 0 amide bonds. The van der Waals surface area contributed by atoms with Crippen LogP contribution in [0.2, 0.25) is 0 Å². The largest absolute Gasteiger partial charge is 0.508 e. The van der Waals surface area contributed by atoms with E-state index in [-0.39, 0.29) is 6.04 Å². The third kappa shape index (κ3) is 4.11. The lowest BCUT2D eigenvalue weighted by Gasteiger charge is -2.20. The number of phenols is 1. The van der Waals surface area contributed by atoms with Gasteiger partial charge in [0.1, 0.15) is 5.75 Å². The first kappa shape index (κ1) is 15.6. The highest BCUT2D eigenvalue weighted by atomic mass is 16.5. The molecule has 1 aromatic rings. The first-order chi connectivity index (χ1) is 10.1. The van der Waals surface area contributed by atoms with Crippen LogP contribution in [-0.4, -0.2) is 30.8 Å². The Labute approximate surface area is 126 Å². The van der Waals surface area contributed by atoms with Crippen LogP contribution in [0.4, 0.5) is 0 Å². The molecule has 21 heavy (non-hydrogen) atoms. The Kier molecular flexibility index (Phi) is 5.44. The summed E-state index contributed by atoms with van der Waals surface area (Å²) in [6, 6.07) is 3.91. The van der Waals surface area contributed by atoms with E-state index in [1.54, 1.807) is 13.2 Å². The van der Waals surface area contributed by atoms with E-state index in [2.05, 4.69) is 10.3 Å². The third-order valence-corrected chi connectivity index (χ3v) is 3.84. The molecule has 1 aromatic carbocycles. The molecule has 1 aliphatic rings. The van der Waals surface area contributed by atoms with E-state index in [0.29, 0.717) is 24.9 Å². The average molecular weight is 291 g/mol. The molecule has 0 bridgehead atoms. The number of rotatable bonds is 5. The number of methoxy groups -OCH3 is 1. The Balaban J connectivity index is 2.09. The molecule has 0 aliphatic heterocycles. The molecular weight excluding hydrogens is 266 g/mol. The fourth-order valence-corrected chi connectivity index (χ4v) is 2.82. The molecule has 1 unspecified atom stereocenters. The monoisotopic (exact) mass is 291 g/mol. The van der Waals surface area contributed by atoms with E-state index in [1.807, 2.05) is 13.0 Å². The number of guanidine groups is 1. The van der Waals surface area contributed by atoms with Gasteiger partial charge in [-0.1, -0.05) is 6.07 Å². The van der Waals surface area contributed by atoms with Gasteiger partial charge in [-0.3, -0.25) is 0 Å². The zero-order valence-electron chi connectivity index (χ0n) is 12.9. The normalized spacial score (nSPS) is 16.4. The molecule has 116 valence electrons. The molecule has 0 saturated heterocycles. The minimum atomic E-state index is 0.108. The van der Waals surface area contributed by atoms with Gasteiger partial charge in [0.25, 0.3) is 0 Å². The lowest BCUT2D eigenvalue weighted by Crippen LogP contribution is -2.40. The van der Waals surface area contributed by atoms with Crippen molar-refractivity contribution in [1.29, 1.82) is 0 Å². The summed E-state index contributed by atoms with van der Waals surface area (Å²) in [5.74, 6) is 0.699. The minimum absolute atomic E-state index is 0.108. The summed E-state index contributed by atoms with van der Waals surface area (Å²) < 4.78 is 5.05. The van der Waals surface area contributed by atoms with Crippen LogP contribution in [0, 0.1) is 0 Å². The van der Waals surface area contributed by atoms with Crippen molar-refractivity contribution in [2.24, 2.45) is 10.7 Å². The summed E-state index contributed by atoms with van der Waals surface area (Å²) in [5, 5.41) is 13.2. The summed E-state index contributed by atoms with van der Waals surface area (Å²) in [4.78, 5) is 4.35. The van der Waals surface area contributed by atoms with Crippen molar-refractivity contribution in [3.63, 3.8) is 0 Å². The number of aryl methyl sites for hydroxylation is 1. The van der Waals surface area contributed by atoms with Crippen molar-refractivity contribution < 1.29 is 9.84 Å². The quantitative estimate of drug-likeness (QED) is 0.570. The number of nitrogens with zero attached hydrogens (tertiary/aromatic N) is 1. The first-order valence-electron chi connectivity index (χ1n) is 7.49. The second kappa shape index (κ2) is 7.31. The second-order valence-electron chi connectivity index (χ2n) is 5.61. The van der Waals surface area contributed by atoms with Gasteiger partial charge < -0.3 is 20.9 Å². The Hall–Kier alpha value is -1.75. The molecule has 0 saturated carbocycles. The van der Waals surface area contributed by atoms with Gasteiger partial charge in [0.15, 0.2) is 5.96 Å². The molecule has 2 rings (SSSR count). The molecule has 0 heterocycles. The number of aliphatic imine (C=N–C) groups is 1. The standard InChI is InChI=1S/C16H25N3O2/c1-11(10-21-2)19-16(17)18-9-14-13-6-4-3-5-12(13)7-8-15(14)20/h7-8,11,20H,3-6,9-10H2,1-2H3,(H3,17,18,19). The van der Waals surface area contributed by atoms with Crippen molar-refractivity contribution in [2.75, 3.05) is 13.7 Å². The summed E-state index contributed by atoms with van der Waals surface area (Å²) in [6.07, 6.45) is 4.50. The maximum absolute atomic E-state index is 10.1. The molecule has 0 fully saturated rings. The SMILES string of the molecule is COCC(C)NC(N)=NCc1c(O)ccc2c1CCCC2. The molecule has 1 aliphatic carbocycles. The molecular formula is C16H25N3O2. The smallest absolute Gasteiger partial charge is 0.189 e. The van der Waals surface area contributed by atoms with Crippen LogP contribution in [0.25, 0.3) is 0 Å². The van der Waals surface area contributed by atoms with Crippen molar-refractivity contribution >= 4 is 5.96 Å². The Morgan fingerprint density at radius 2 is 2.19 bits per heavy atom. The van der Waals surface area contributed by atoms with Gasteiger partial charge in [-0.25, -0.2) is 4.99 Å². The molecule has 0 radical (unpaired) electrons. The van der Waals surface area contributed by atoms with Crippen molar-refractivity contribution in [1.82, 2.24) is 5.32 Å². The van der Waals surface area contributed by atoms with Crippen molar-refractivity contribution in [3.8, 4) is 5.75 Å². The number of phenolic OH excluding ortho intramolecular Hbond substituents is 1. The number of hydrogen-bond donors (Lipinski definition) is 3. The van der Waals surface area contributed by atoms with E-state index in [4.69, 9.17) is 10.5 Å². The van der Waals surface area contributed by atoms with Crippen LogP contribution in [0.3, 0.4) is 0 Å². The van der Waals surface area contributed by atoms with E-state index in [9.17, 15) is 5.11 Å². The fourth-order valence-electron chi connectivity index (χ4n) is 2.82. The number of nitrogens with two attached hydrogens (primary N) is 1. The van der Waals surface area contributed by atoms with Crippen LogP contribution in [0.1, 0.15) is 36.5 Å². The molecule has 0 aromatic heterocycles. The number of ether oxygens (including phenoxy) is 1. The Morgan fingerprint density at radius 1 is 1.43 bits per heavy atom. The molecule has 5 heteroatoms. The zero-order valence-corrected chi connectivity index (χ0v) is 12.9. The fraction of sp³-hybridized carbons (Fsp3) is 0.562. The van der Waals surface area contributed by atoms with Gasteiger partial charge in [0.2, 0.25) is 0 Å². The lowest BCUT2D eigenvalue weighted by molar-refractivity contribution is 0.179. The predicted molar refractivity (Wildman–Crippen MR) is 84.5 cm³/mol. The highest BCUT2D eigenvalue weighted by Gasteiger charge is 2.16. The van der Waals surface area contributed by atoms with Gasteiger partial charge in [-0.2, -0.15) is 0 Å². The van der Waals surface area contributed by atoms with Gasteiger partial charge in [-0.05, 0) is 49.8 Å². The minimum Gasteiger partial charge on any atom is -0.508 e. The first-order valence-corrected chi connectivity index (χ1v) is 7.49. The van der Waals surface area contributed by atoms with E-state index in [1.165, 1.54) is 24.0 Å². The highest BCUT2D eigenvalue weighted by Crippen LogP contribution is 2.30. The maximum Gasteiger partial charge on any atom is 0.189 e. The maximum atomic E-state index is 10.1. The van der Waals surface area contributed by atoms with Crippen LogP contribution in [0.5, 0.6) is 5.75 Å². The van der Waals surface area contributed by atoms with Gasteiger partial charge in [0, 0.05) is 18.7 Å². The van der Waals surface area contributed by atoms with Crippen LogP contribution < -0.4 is 11.1 Å². The van der Waals surface area contributed by atoms with E-state index >= 15 is 0 Å². The number of nitrogens with one attached hydrogen (secondary N) is 1. The lowest BCUT2D eigenvalue weighted by atomic mass is 9.88. The number of benzene rings is 1. The van der Waals surface area contributed by atoms with Gasteiger partial charge >= 0.3 is 0 Å². The average Bonchev–Trinajstić information content (AvgIpc) is 2.46. The Morgan fingerprint density at radius 3 is 2.95 bits per heavy atom. The number of hydrogen-bond acceptors (Lipinski definition) is 3. The molecule has 5 nitrogen and oxygen atoms in total. The van der Waals surface area contributed by atoms with Crippen LogP contribution >= 0.6 is 0 Å². The van der Waals surface area contributed by atoms with Crippen LogP contribution in [-0.2, 0) is 24.1 Å². The summed E-state index contributed by atoms with van der Waals surface area (Å²) in [5.41, 5.74) is 9.38. The third-order valence-electron chi connectivity index (χ3n) is 3.84. The number of fused-ring (bicyclic) bond motifs is 1. The molecule has 1 atom stereocenters. The van der Waals surface area contributed by atoms with Crippen LogP contribution in [0.15, 0.2) is 17.1 Å². The van der Waals surface area contributed by atoms with E-state index < -0.39 is 0 Å². The predicted octanol–water partition coefficient (Wildman–Crippen LogP) is 1.71. The van der Waals surface area contributed by atoms with E-state index in [0.717, 1.165) is 18.4 Å². The highest BCUT2D eigenvalue weighted by molar-refractivity contribution is 5.78. The van der Waals surface area contributed by atoms with Crippen molar-refractivity contribution in [3.05, 3.63) is 28.8 Å². The second-order valence-corrected chi connectivity index (χ2v) is 5.61. The molecule has 0 spiro atoms. The number of aromatic hydroxyl groups is 1.